The van der Waals surface area contributed by atoms with Crippen molar-refractivity contribution in [2.45, 2.75) is 0 Å². The zero-order valence-corrected chi connectivity index (χ0v) is 11.6. The lowest BCUT2D eigenvalue weighted by molar-refractivity contribution is 0.0955. The van der Waals surface area contributed by atoms with Gasteiger partial charge in [-0.15, -0.1) is 0 Å². The van der Waals surface area contributed by atoms with Gasteiger partial charge in [0.1, 0.15) is 0 Å². The Bertz CT molecular complexity index is 898. The molecule has 2 N–H and O–H groups in total. The van der Waals surface area contributed by atoms with Crippen molar-refractivity contribution in [3.8, 4) is 0 Å². The number of aromatic amines is 1. The van der Waals surface area contributed by atoms with Crippen LogP contribution in [0.1, 0.15) is 15.9 Å². The molecule has 108 valence electrons. The minimum absolute atomic E-state index is 0.253. The van der Waals surface area contributed by atoms with Crippen LogP contribution < -0.4 is 11.0 Å². The summed E-state index contributed by atoms with van der Waals surface area (Å²) in [5.41, 5.74) is 3.80. The summed E-state index contributed by atoms with van der Waals surface area (Å²) in [7, 11) is 0. The minimum atomic E-state index is -0.325. The van der Waals surface area contributed by atoms with E-state index in [4.69, 9.17) is 0 Å². The van der Waals surface area contributed by atoms with Crippen LogP contribution in [0.5, 0.6) is 0 Å². The van der Waals surface area contributed by atoms with E-state index in [0.29, 0.717) is 11.1 Å². The highest BCUT2D eigenvalue weighted by Crippen LogP contribution is 2.08. The van der Waals surface area contributed by atoms with Gasteiger partial charge < -0.3 is 4.98 Å². The van der Waals surface area contributed by atoms with Gasteiger partial charge in [0, 0.05) is 11.1 Å². The maximum Gasteiger partial charge on any atom is 0.271 e. The van der Waals surface area contributed by atoms with Gasteiger partial charge in [-0.25, -0.2) is 5.43 Å². The Labute approximate surface area is 126 Å². The number of nitrogens with zero attached hydrogens (tertiary/aromatic N) is 1. The zero-order chi connectivity index (χ0) is 15.4. The molecule has 5 heteroatoms. The highest BCUT2D eigenvalue weighted by Gasteiger charge is 2.03. The molecule has 0 aliphatic heterocycles. The molecule has 2 aromatic carbocycles. The van der Waals surface area contributed by atoms with E-state index < -0.39 is 0 Å². The average molecular weight is 291 g/mol. The summed E-state index contributed by atoms with van der Waals surface area (Å²) in [6.07, 6.45) is 1.34. The van der Waals surface area contributed by atoms with Gasteiger partial charge in [0.05, 0.1) is 11.8 Å². The first-order chi connectivity index (χ1) is 10.7. The second-order valence-corrected chi connectivity index (χ2v) is 4.71. The van der Waals surface area contributed by atoms with E-state index in [-0.39, 0.29) is 11.5 Å². The fourth-order valence-electron chi connectivity index (χ4n) is 2.07. The molecule has 0 aliphatic rings. The number of rotatable bonds is 3. The van der Waals surface area contributed by atoms with E-state index in [9.17, 15) is 9.59 Å². The van der Waals surface area contributed by atoms with Gasteiger partial charge in [-0.3, -0.25) is 9.59 Å². The van der Waals surface area contributed by atoms with Crippen molar-refractivity contribution in [3.63, 3.8) is 0 Å². The van der Waals surface area contributed by atoms with Crippen LogP contribution in [0.2, 0.25) is 0 Å². The number of amides is 1. The topological polar surface area (TPSA) is 74.3 Å². The van der Waals surface area contributed by atoms with Crippen molar-refractivity contribution in [2.24, 2.45) is 5.10 Å². The lowest BCUT2D eigenvalue weighted by Crippen LogP contribution is -2.19. The number of hydrogen-bond donors (Lipinski definition) is 2. The fourth-order valence-corrected chi connectivity index (χ4v) is 2.07. The molecule has 0 saturated heterocycles. The lowest BCUT2D eigenvalue weighted by atomic mass is 10.2. The Hall–Kier alpha value is -3.21. The van der Waals surface area contributed by atoms with Crippen molar-refractivity contribution in [3.05, 3.63) is 82.1 Å². The normalized spacial score (nSPS) is 10.9. The van der Waals surface area contributed by atoms with Crippen LogP contribution in [0.25, 0.3) is 10.9 Å². The second-order valence-electron chi connectivity index (χ2n) is 4.71. The number of hydrazone groups is 1. The lowest BCUT2D eigenvalue weighted by Gasteiger charge is -2.00. The largest absolute Gasteiger partial charge is 0.321 e. The monoisotopic (exact) mass is 291 g/mol. The van der Waals surface area contributed by atoms with Gasteiger partial charge in [-0.1, -0.05) is 36.4 Å². The highest BCUT2D eigenvalue weighted by atomic mass is 16.2. The number of benzene rings is 2. The molecule has 0 radical (unpaired) electrons. The number of H-pyrrole nitrogens is 1. The maximum atomic E-state index is 11.9. The van der Waals surface area contributed by atoms with Crippen molar-refractivity contribution in [1.82, 2.24) is 10.4 Å². The molecule has 0 atom stereocenters. The van der Waals surface area contributed by atoms with Crippen molar-refractivity contribution in [1.29, 1.82) is 0 Å². The van der Waals surface area contributed by atoms with Crippen LogP contribution in [0.15, 0.2) is 70.6 Å². The number of fused-ring (bicyclic) bond motifs is 1. The minimum Gasteiger partial charge on any atom is -0.321 e. The average Bonchev–Trinajstić information content (AvgIpc) is 2.56. The first-order valence-electron chi connectivity index (χ1n) is 6.74. The fraction of sp³-hybridized carbons (Fsp3) is 0. The van der Waals surface area contributed by atoms with Crippen LogP contribution in [0.4, 0.5) is 0 Å². The predicted molar refractivity (Wildman–Crippen MR) is 86.1 cm³/mol. The summed E-state index contributed by atoms with van der Waals surface area (Å²) >= 11 is 0. The number of carbonyl (C=O) groups excluding carboxylic acids is 1. The maximum absolute atomic E-state index is 11.9. The number of aromatic nitrogens is 1. The molecule has 0 aliphatic carbocycles. The van der Waals surface area contributed by atoms with Crippen LogP contribution in [0, 0.1) is 0 Å². The molecule has 3 aromatic rings. The van der Waals surface area contributed by atoms with E-state index in [0.717, 1.165) is 10.9 Å². The van der Waals surface area contributed by atoms with Gasteiger partial charge in [0.15, 0.2) is 0 Å². The van der Waals surface area contributed by atoms with Crippen LogP contribution >= 0.6 is 0 Å². The molecular weight excluding hydrogens is 278 g/mol. The number of nitrogens with one attached hydrogen (secondary N) is 2. The number of hydrogen-bond acceptors (Lipinski definition) is 3. The smallest absolute Gasteiger partial charge is 0.271 e. The van der Waals surface area contributed by atoms with E-state index in [2.05, 4.69) is 15.5 Å². The molecule has 0 saturated carbocycles. The first-order valence-corrected chi connectivity index (χ1v) is 6.74. The first kappa shape index (κ1) is 13.8. The number of pyridine rings is 1. The zero-order valence-electron chi connectivity index (χ0n) is 11.6. The summed E-state index contributed by atoms with van der Waals surface area (Å²) in [5.74, 6) is -0.325. The standard InChI is InChI=1S/C17H13N3O2/c21-16-14(10-13-8-4-5-9-15(13)19-16)11-18-20-17(22)12-6-2-1-3-7-12/h1-11H,(H,19,21)(H,20,22)/b18-11+. The molecule has 22 heavy (non-hydrogen) atoms. The van der Waals surface area contributed by atoms with E-state index in [1.807, 2.05) is 30.3 Å². The Morgan fingerprint density at radius 1 is 1.05 bits per heavy atom. The van der Waals surface area contributed by atoms with Crippen molar-refractivity contribution < 1.29 is 4.79 Å². The quantitative estimate of drug-likeness (QED) is 0.574. The van der Waals surface area contributed by atoms with Gasteiger partial charge in [-0.05, 0) is 29.7 Å². The third-order valence-corrected chi connectivity index (χ3v) is 3.19. The highest BCUT2D eigenvalue weighted by molar-refractivity contribution is 5.95. The molecule has 1 aromatic heterocycles. The van der Waals surface area contributed by atoms with E-state index in [1.54, 1.807) is 30.3 Å². The molecule has 0 unspecified atom stereocenters. The molecule has 0 fully saturated rings. The molecule has 0 spiro atoms. The van der Waals surface area contributed by atoms with Crippen LogP contribution in [0.3, 0.4) is 0 Å². The molecule has 0 bridgehead atoms. The predicted octanol–water partition coefficient (Wildman–Crippen LogP) is 2.29. The van der Waals surface area contributed by atoms with Gasteiger partial charge in [-0.2, -0.15) is 5.10 Å². The van der Waals surface area contributed by atoms with Crippen LogP contribution in [-0.2, 0) is 0 Å². The Morgan fingerprint density at radius 3 is 2.59 bits per heavy atom. The Kier molecular flexibility index (Phi) is 3.78. The summed E-state index contributed by atoms with van der Waals surface area (Å²) in [6, 6.07) is 17.9. The summed E-state index contributed by atoms with van der Waals surface area (Å²) in [4.78, 5) is 26.5. The molecule has 1 heterocycles. The SMILES string of the molecule is O=C(N/N=C/c1cc2ccccc2[nH]c1=O)c1ccccc1. The summed E-state index contributed by atoms with van der Waals surface area (Å²) in [6.45, 7) is 0. The van der Waals surface area contributed by atoms with Gasteiger partial charge in [0.25, 0.3) is 11.5 Å². The van der Waals surface area contributed by atoms with Crippen LogP contribution in [-0.4, -0.2) is 17.1 Å². The van der Waals surface area contributed by atoms with E-state index >= 15 is 0 Å². The van der Waals surface area contributed by atoms with Crippen molar-refractivity contribution in [2.75, 3.05) is 0 Å². The third kappa shape index (κ3) is 2.93. The van der Waals surface area contributed by atoms with Crippen molar-refractivity contribution >= 4 is 23.0 Å². The molecule has 1 amide bonds. The molecular formula is C17H13N3O2. The van der Waals surface area contributed by atoms with Gasteiger partial charge in [0.2, 0.25) is 0 Å². The van der Waals surface area contributed by atoms with Gasteiger partial charge >= 0.3 is 0 Å². The number of carbonyl (C=O) groups is 1. The molecule has 3 rings (SSSR count). The Morgan fingerprint density at radius 2 is 1.77 bits per heavy atom. The second kappa shape index (κ2) is 6.05. The van der Waals surface area contributed by atoms with E-state index in [1.165, 1.54) is 6.21 Å². The summed E-state index contributed by atoms with van der Waals surface area (Å²) in [5, 5.41) is 4.74. The summed E-state index contributed by atoms with van der Waals surface area (Å²) < 4.78 is 0. The number of para-hydroxylation sites is 1. The third-order valence-electron chi connectivity index (χ3n) is 3.19. The Balaban J connectivity index is 1.80. The molecule has 5 nitrogen and oxygen atoms in total.